The molecule has 1 rings (SSSR count). The molecule has 0 aliphatic rings. The van der Waals surface area contributed by atoms with Crippen molar-refractivity contribution in [3.8, 4) is 5.75 Å². The van der Waals surface area contributed by atoms with Crippen molar-refractivity contribution in [1.29, 1.82) is 0 Å². The van der Waals surface area contributed by atoms with E-state index in [0.717, 1.165) is 0 Å². The maximum absolute atomic E-state index is 11.2. The van der Waals surface area contributed by atoms with Crippen molar-refractivity contribution < 1.29 is 24.5 Å². The minimum atomic E-state index is -1.41. The molecule has 1 aromatic carbocycles. The van der Waals surface area contributed by atoms with Crippen molar-refractivity contribution in [2.24, 2.45) is 0 Å². The lowest BCUT2D eigenvalue weighted by Gasteiger charge is -2.26. The van der Waals surface area contributed by atoms with E-state index in [4.69, 9.17) is 20.3 Å². The first-order valence-corrected chi connectivity index (χ1v) is 6.51. The van der Waals surface area contributed by atoms with Gasteiger partial charge < -0.3 is 25.4 Å². The molecule has 7 heteroatoms. The van der Waals surface area contributed by atoms with Crippen LogP contribution in [0.25, 0.3) is 0 Å². The molecule has 0 fully saturated rings. The molecule has 0 heterocycles. The molecule has 0 amide bonds. The quantitative estimate of drug-likeness (QED) is 0.434. The van der Waals surface area contributed by atoms with E-state index in [1.165, 1.54) is 0 Å². The Morgan fingerprint density at radius 1 is 1.38 bits per heavy atom. The van der Waals surface area contributed by atoms with Gasteiger partial charge in [-0.2, -0.15) is 0 Å². The average Bonchev–Trinajstić information content (AvgIpc) is 2.33. The summed E-state index contributed by atoms with van der Waals surface area (Å²) in [6.45, 7) is 5.03. The van der Waals surface area contributed by atoms with Crippen molar-refractivity contribution in [3.05, 3.63) is 24.3 Å². The summed E-state index contributed by atoms with van der Waals surface area (Å²) < 4.78 is 10.6. The van der Waals surface area contributed by atoms with E-state index >= 15 is 0 Å². The van der Waals surface area contributed by atoms with E-state index in [1.54, 1.807) is 45.0 Å². The standard InChI is InChI=1S/C14H22N2O5/c1-14(2,3)21-13(19)16-10(12(17)18)8-20-11-7-5-4-6-9(11)15/h4-7,10,13,16,19H,8,15H2,1-3H3,(H,17,18). The third kappa shape index (κ3) is 6.44. The molecule has 7 nitrogen and oxygen atoms in total. The highest BCUT2D eigenvalue weighted by molar-refractivity contribution is 5.73. The van der Waals surface area contributed by atoms with E-state index in [9.17, 15) is 9.90 Å². The maximum Gasteiger partial charge on any atom is 0.324 e. The fourth-order valence-electron chi connectivity index (χ4n) is 1.52. The highest BCUT2D eigenvalue weighted by Crippen LogP contribution is 2.19. The molecule has 2 atom stereocenters. The summed E-state index contributed by atoms with van der Waals surface area (Å²) in [7, 11) is 0. The molecule has 0 spiro atoms. The van der Waals surface area contributed by atoms with Gasteiger partial charge in [0.25, 0.3) is 0 Å². The zero-order valence-electron chi connectivity index (χ0n) is 12.4. The average molecular weight is 298 g/mol. The molecule has 5 N–H and O–H groups in total. The second-order valence-corrected chi connectivity index (χ2v) is 5.49. The van der Waals surface area contributed by atoms with E-state index in [2.05, 4.69) is 5.32 Å². The highest BCUT2D eigenvalue weighted by atomic mass is 16.6. The van der Waals surface area contributed by atoms with Crippen molar-refractivity contribution >= 4 is 11.7 Å². The molecule has 0 saturated carbocycles. The number of ether oxygens (including phenoxy) is 2. The molecule has 0 aliphatic heterocycles. The normalized spacial score (nSPS) is 14.5. The first-order valence-electron chi connectivity index (χ1n) is 6.51. The molecule has 0 aliphatic carbocycles. The van der Waals surface area contributed by atoms with Crippen molar-refractivity contribution in [3.63, 3.8) is 0 Å². The topological polar surface area (TPSA) is 114 Å². The number of hydrogen-bond acceptors (Lipinski definition) is 6. The third-order valence-electron chi connectivity index (χ3n) is 2.43. The summed E-state index contributed by atoms with van der Waals surface area (Å²) in [5.41, 5.74) is 5.50. The van der Waals surface area contributed by atoms with Crippen molar-refractivity contribution in [2.75, 3.05) is 12.3 Å². The largest absolute Gasteiger partial charge is 0.489 e. The van der Waals surface area contributed by atoms with Gasteiger partial charge in [0.1, 0.15) is 18.4 Å². The number of nitrogens with one attached hydrogen (secondary N) is 1. The number of nitrogens with two attached hydrogens (primary N) is 1. The molecular weight excluding hydrogens is 276 g/mol. The van der Waals surface area contributed by atoms with Crippen LogP contribution in [0.2, 0.25) is 0 Å². The first kappa shape index (κ1) is 17.2. The highest BCUT2D eigenvalue weighted by Gasteiger charge is 2.24. The van der Waals surface area contributed by atoms with Crippen molar-refractivity contribution in [1.82, 2.24) is 5.32 Å². The first-order chi connectivity index (χ1) is 9.69. The molecule has 0 bridgehead atoms. The van der Waals surface area contributed by atoms with Crippen LogP contribution in [-0.2, 0) is 9.53 Å². The monoisotopic (exact) mass is 298 g/mol. The van der Waals surface area contributed by atoms with Crippen LogP contribution in [0.1, 0.15) is 20.8 Å². The smallest absolute Gasteiger partial charge is 0.324 e. The fraction of sp³-hybridized carbons (Fsp3) is 0.500. The van der Waals surface area contributed by atoms with Crippen LogP contribution in [0.4, 0.5) is 5.69 Å². The zero-order chi connectivity index (χ0) is 16.0. The van der Waals surface area contributed by atoms with Gasteiger partial charge in [-0.05, 0) is 32.9 Å². The molecule has 21 heavy (non-hydrogen) atoms. The van der Waals surface area contributed by atoms with Crippen LogP contribution in [-0.4, -0.2) is 40.8 Å². The van der Waals surface area contributed by atoms with Gasteiger partial charge in [-0.1, -0.05) is 12.1 Å². The molecule has 0 aromatic heterocycles. The lowest BCUT2D eigenvalue weighted by Crippen LogP contribution is -2.49. The maximum atomic E-state index is 11.2. The number of aliphatic carboxylic acids is 1. The lowest BCUT2D eigenvalue weighted by molar-refractivity contribution is -0.190. The number of rotatable bonds is 7. The Labute approximate surface area is 123 Å². The van der Waals surface area contributed by atoms with Gasteiger partial charge in [0.05, 0.1) is 11.3 Å². The molecule has 1 aromatic rings. The number of nitrogen functional groups attached to an aromatic ring is 1. The summed E-state index contributed by atoms with van der Waals surface area (Å²) in [6.07, 6.45) is -1.41. The van der Waals surface area contributed by atoms with Crippen LogP contribution in [0.5, 0.6) is 5.75 Å². The van der Waals surface area contributed by atoms with Gasteiger partial charge >= 0.3 is 5.97 Å². The lowest BCUT2D eigenvalue weighted by atomic mass is 10.2. The summed E-state index contributed by atoms with van der Waals surface area (Å²) in [5.74, 6) is -0.780. The predicted molar refractivity (Wildman–Crippen MR) is 77.8 cm³/mol. The Balaban J connectivity index is 2.58. The number of hydrogen-bond donors (Lipinski definition) is 4. The number of aliphatic hydroxyl groups is 1. The van der Waals surface area contributed by atoms with E-state index < -0.39 is 24.0 Å². The predicted octanol–water partition coefficient (Wildman–Crippen LogP) is 0.781. The minimum Gasteiger partial charge on any atom is -0.489 e. The van der Waals surface area contributed by atoms with Gasteiger partial charge in [-0.15, -0.1) is 0 Å². The Morgan fingerprint density at radius 3 is 2.52 bits per heavy atom. The van der Waals surface area contributed by atoms with Crippen LogP contribution < -0.4 is 15.8 Å². The number of benzene rings is 1. The summed E-state index contributed by atoms with van der Waals surface area (Å²) >= 11 is 0. The third-order valence-corrected chi connectivity index (χ3v) is 2.43. The number of para-hydroxylation sites is 2. The van der Waals surface area contributed by atoms with Gasteiger partial charge in [-0.3, -0.25) is 10.1 Å². The molecule has 0 radical (unpaired) electrons. The summed E-state index contributed by atoms with van der Waals surface area (Å²) in [6, 6.07) is 5.62. The van der Waals surface area contributed by atoms with Gasteiger partial charge in [-0.25, -0.2) is 0 Å². The minimum absolute atomic E-state index is 0.200. The molecule has 0 saturated heterocycles. The summed E-state index contributed by atoms with van der Waals surface area (Å²) in [5, 5.41) is 21.2. The number of anilines is 1. The van der Waals surface area contributed by atoms with Gasteiger partial charge in [0.2, 0.25) is 6.41 Å². The van der Waals surface area contributed by atoms with Crippen LogP contribution >= 0.6 is 0 Å². The van der Waals surface area contributed by atoms with E-state index in [1.807, 2.05) is 0 Å². The summed E-state index contributed by atoms with van der Waals surface area (Å²) in [4.78, 5) is 11.2. The second-order valence-electron chi connectivity index (χ2n) is 5.49. The second kappa shape index (κ2) is 7.26. The van der Waals surface area contributed by atoms with Crippen molar-refractivity contribution in [2.45, 2.75) is 38.8 Å². The van der Waals surface area contributed by atoms with Gasteiger partial charge in [0.15, 0.2) is 0 Å². The van der Waals surface area contributed by atoms with Crippen LogP contribution in [0.3, 0.4) is 0 Å². The SMILES string of the molecule is CC(C)(C)OC(O)NC(COc1ccccc1N)C(=O)O. The zero-order valence-corrected chi connectivity index (χ0v) is 12.4. The Bertz CT molecular complexity index is 473. The van der Waals surface area contributed by atoms with Crippen LogP contribution in [0.15, 0.2) is 24.3 Å². The molecular formula is C14H22N2O5. The Kier molecular flexibility index (Phi) is 5.95. The number of carboxylic acids is 1. The fourth-order valence-corrected chi connectivity index (χ4v) is 1.52. The van der Waals surface area contributed by atoms with Crippen LogP contribution in [0, 0.1) is 0 Å². The Morgan fingerprint density at radius 2 is 2.00 bits per heavy atom. The van der Waals surface area contributed by atoms with E-state index in [0.29, 0.717) is 11.4 Å². The van der Waals surface area contributed by atoms with Gasteiger partial charge in [0, 0.05) is 0 Å². The Hall–Kier alpha value is -1.83. The number of carbonyl (C=O) groups is 1. The molecule has 2 unspecified atom stereocenters. The van der Waals surface area contributed by atoms with E-state index in [-0.39, 0.29) is 6.61 Å². The molecule has 118 valence electrons. The number of aliphatic hydroxyl groups excluding tert-OH is 1. The number of carboxylic acid groups (broad SMARTS) is 1.